The minimum absolute atomic E-state index is 0.283. The van der Waals surface area contributed by atoms with Gasteiger partial charge in [-0.05, 0) is 51.5 Å². The number of hydrogen-bond acceptors (Lipinski definition) is 7. The predicted octanol–water partition coefficient (Wildman–Crippen LogP) is 4.19. The third-order valence-corrected chi connectivity index (χ3v) is 6.04. The second-order valence-electron chi connectivity index (χ2n) is 7.16. The maximum Gasteiger partial charge on any atom is 0.348 e. The molecule has 0 bridgehead atoms. The molecular weight excluding hydrogens is 442 g/mol. The third kappa shape index (κ3) is 4.57. The van der Waals surface area contributed by atoms with Crippen molar-refractivity contribution in [3.63, 3.8) is 0 Å². The summed E-state index contributed by atoms with van der Waals surface area (Å²) < 4.78 is 11.7. The summed E-state index contributed by atoms with van der Waals surface area (Å²) in [5, 5.41) is 3.45. The van der Waals surface area contributed by atoms with Crippen LogP contribution >= 0.6 is 22.9 Å². The molecule has 1 atom stereocenters. The second kappa shape index (κ2) is 9.07. The normalized spacial score (nSPS) is 12.1. The SMILES string of the molecule is COc1ccc(Cl)cc1NC(=O)C(C)n1cnc2sc(C(=O)OC(C)C)c(C)c2c1=O. The summed E-state index contributed by atoms with van der Waals surface area (Å²) in [6.45, 7) is 6.75. The quantitative estimate of drug-likeness (QED) is 0.550. The van der Waals surface area contributed by atoms with Gasteiger partial charge in [0.15, 0.2) is 0 Å². The monoisotopic (exact) mass is 463 g/mol. The number of nitrogens with one attached hydrogen (secondary N) is 1. The molecule has 0 aliphatic carbocycles. The van der Waals surface area contributed by atoms with Crippen LogP contribution in [0.4, 0.5) is 5.69 Å². The van der Waals surface area contributed by atoms with Crippen molar-refractivity contribution in [3.05, 3.63) is 50.3 Å². The molecule has 0 saturated heterocycles. The zero-order chi connectivity index (χ0) is 22.9. The van der Waals surface area contributed by atoms with E-state index >= 15 is 0 Å². The van der Waals surface area contributed by atoms with Gasteiger partial charge in [0, 0.05) is 5.02 Å². The van der Waals surface area contributed by atoms with Crippen molar-refractivity contribution in [2.24, 2.45) is 0 Å². The number of thiophene rings is 1. The number of carbonyl (C=O) groups is 2. The maximum atomic E-state index is 13.1. The highest BCUT2D eigenvalue weighted by Crippen LogP contribution is 2.30. The standard InChI is InChI=1S/C21H22ClN3O5S/c1-10(2)30-21(28)17-11(3)16-19(31-17)23-9-25(20(16)27)12(4)18(26)24-14-8-13(22)6-7-15(14)29-5/h6-10,12H,1-5H3,(H,24,26). The fourth-order valence-corrected chi connectivity index (χ4v) is 4.21. The first-order chi connectivity index (χ1) is 14.6. The number of ether oxygens (including phenoxy) is 2. The Morgan fingerprint density at radius 1 is 1.26 bits per heavy atom. The van der Waals surface area contributed by atoms with Crippen LogP contribution in [0.5, 0.6) is 5.75 Å². The Morgan fingerprint density at radius 2 is 1.97 bits per heavy atom. The summed E-state index contributed by atoms with van der Waals surface area (Å²) in [5.74, 6) is -0.510. The van der Waals surface area contributed by atoms with Crippen molar-refractivity contribution in [2.75, 3.05) is 12.4 Å². The lowest BCUT2D eigenvalue weighted by atomic mass is 10.2. The number of esters is 1. The van der Waals surface area contributed by atoms with Crippen molar-refractivity contribution in [1.29, 1.82) is 0 Å². The average molecular weight is 464 g/mol. The lowest BCUT2D eigenvalue weighted by Gasteiger charge is -2.16. The largest absolute Gasteiger partial charge is 0.495 e. The van der Waals surface area contributed by atoms with E-state index < -0.39 is 23.5 Å². The van der Waals surface area contributed by atoms with E-state index in [-0.39, 0.29) is 6.10 Å². The van der Waals surface area contributed by atoms with Gasteiger partial charge >= 0.3 is 5.97 Å². The van der Waals surface area contributed by atoms with E-state index in [1.165, 1.54) is 18.0 Å². The van der Waals surface area contributed by atoms with Crippen LogP contribution in [0, 0.1) is 6.92 Å². The molecule has 0 aliphatic rings. The molecule has 8 nitrogen and oxygen atoms in total. The smallest absolute Gasteiger partial charge is 0.348 e. The minimum Gasteiger partial charge on any atom is -0.495 e. The van der Waals surface area contributed by atoms with Gasteiger partial charge in [0.25, 0.3) is 5.56 Å². The van der Waals surface area contributed by atoms with E-state index in [0.29, 0.717) is 37.1 Å². The number of hydrogen-bond donors (Lipinski definition) is 1. The van der Waals surface area contributed by atoms with Crippen molar-refractivity contribution >= 4 is 50.7 Å². The van der Waals surface area contributed by atoms with Gasteiger partial charge in [0.2, 0.25) is 5.91 Å². The number of benzene rings is 1. The zero-order valence-electron chi connectivity index (χ0n) is 17.7. The van der Waals surface area contributed by atoms with E-state index in [1.54, 1.807) is 45.9 Å². The van der Waals surface area contributed by atoms with Gasteiger partial charge in [0.05, 0.1) is 30.6 Å². The molecule has 0 radical (unpaired) electrons. The molecule has 164 valence electrons. The van der Waals surface area contributed by atoms with E-state index in [9.17, 15) is 14.4 Å². The number of anilines is 1. The molecule has 1 amide bonds. The first kappa shape index (κ1) is 22.8. The maximum absolute atomic E-state index is 13.1. The number of fused-ring (bicyclic) bond motifs is 1. The molecular formula is C21H22ClN3O5S. The van der Waals surface area contributed by atoms with Crippen LogP contribution in [0.15, 0.2) is 29.3 Å². The summed E-state index contributed by atoms with van der Waals surface area (Å²) >= 11 is 7.11. The predicted molar refractivity (Wildman–Crippen MR) is 121 cm³/mol. The Morgan fingerprint density at radius 3 is 2.61 bits per heavy atom. The number of carbonyl (C=O) groups excluding carboxylic acids is 2. The van der Waals surface area contributed by atoms with Crippen LogP contribution in [-0.2, 0) is 9.53 Å². The molecule has 1 unspecified atom stereocenters. The van der Waals surface area contributed by atoms with Crippen LogP contribution in [0.3, 0.4) is 0 Å². The van der Waals surface area contributed by atoms with E-state index in [1.807, 2.05) is 0 Å². The molecule has 1 N–H and O–H groups in total. The highest BCUT2D eigenvalue weighted by Gasteiger charge is 2.24. The number of amides is 1. The number of methoxy groups -OCH3 is 1. The fraction of sp³-hybridized carbons (Fsp3) is 0.333. The summed E-state index contributed by atoms with van der Waals surface area (Å²) in [5.41, 5.74) is 0.462. The Labute approximate surface area is 187 Å². The van der Waals surface area contributed by atoms with Gasteiger partial charge in [-0.1, -0.05) is 11.6 Å². The van der Waals surface area contributed by atoms with E-state index in [2.05, 4.69) is 10.3 Å². The summed E-state index contributed by atoms with van der Waals surface area (Å²) in [4.78, 5) is 43.3. The Hall–Kier alpha value is -2.91. The van der Waals surface area contributed by atoms with Crippen molar-refractivity contribution < 1.29 is 19.1 Å². The first-order valence-electron chi connectivity index (χ1n) is 9.49. The van der Waals surface area contributed by atoms with Crippen LogP contribution in [0.2, 0.25) is 5.02 Å². The average Bonchev–Trinajstić information content (AvgIpc) is 3.05. The van der Waals surface area contributed by atoms with Crippen molar-refractivity contribution in [2.45, 2.75) is 39.8 Å². The van der Waals surface area contributed by atoms with Gasteiger partial charge < -0.3 is 14.8 Å². The van der Waals surface area contributed by atoms with Crippen molar-refractivity contribution in [1.82, 2.24) is 9.55 Å². The zero-order valence-corrected chi connectivity index (χ0v) is 19.3. The van der Waals surface area contributed by atoms with Crippen LogP contribution in [0.1, 0.15) is 42.0 Å². The molecule has 0 saturated carbocycles. The number of aromatic nitrogens is 2. The number of aryl methyl sites for hydroxylation is 1. The second-order valence-corrected chi connectivity index (χ2v) is 8.59. The fourth-order valence-electron chi connectivity index (χ4n) is 3.02. The molecule has 2 heterocycles. The number of rotatable bonds is 6. The molecule has 10 heteroatoms. The van der Waals surface area contributed by atoms with Gasteiger partial charge in [0.1, 0.15) is 21.5 Å². The molecule has 3 rings (SSSR count). The Kier molecular flexibility index (Phi) is 6.66. The minimum atomic E-state index is -0.876. The molecule has 3 aromatic rings. The topological polar surface area (TPSA) is 99.5 Å². The lowest BCUT2D eigenvalue weighted by Crippen LogP contribution is -2.32. The molecule has 0 spiro atoms. The summed E-state index contributed by atoms with van der Waals surface area (Å²) in [7, 11) is 1.48. The third-order valence-electron chi connectivity index (χ3n) is 4.62. The van der Waals surface area contributed by atoms with Gasteiger partial charge in [-0.3, -0.25) is 14.2 Å². The summed E-state index contributed by atoms with van der Waals surface area (Å²) in [6.07, 6.45) is 1.02. The molecule has 1 aromatic carbocycles. The lowest BCUT2D eigenvalue weighted by molar-refractivity contribution is -0.118. The Balaban J connectivity index is 1.95. The van der Waals surface area contributed by atoms with E-state index in [0.717, 1.165) is 11.3 Å². The summed E-state index contributed by atoms with van der Waals surface area (Å²) in [6, 6.07) is 3.96. The highest BCUT2D eigenvalue weighted by atomic mass is 35.5. The van der Waals surface area contributed by atoms with Gasteiger partial charge in [-0.25, -0.2) is 9.78 Å². The van der Waals surface area contributed by atoms with Crippen LogP contribution in [0.25, 0.3) is 10.2 Å². The van der Waals surface area contributed by atoms with Crippen LogP contribution in [-0.4, -0.2) is 34.6 Å². The Bertz CT molecular complexity index is 1220. The van der Waals surface area contributed by atoms with E-state index in [4.69, 9.17) is 21.1 Å². The molecule has 0 aliphatic heterocycles. The molecule has 31 heavy (non-hydrogen) atoms. The molecule has 2 aromatic heterocycles. The van der Waals surface area contributed by atoms with Crippen LogP contribution < -0.4 is 15.6 Å². The van der Waals surface area contributed by atoms with Crippen molar-refractivity contribution in [3.8, 4) is 5.75 Å². The first-order valence-corrected chi connectivity index (χ1v) is 10.7. The number of nitrogens with zero attached hydrogens (tertiary/aromatic N) is 2. The molecule has 0 fully saturated rings. The van der Waals surface area contributed by atoms with Gasteiger partial charge in [-0.15, -0.1) is 11.3 Å². The highest BCUT2D eigenvalue weighted by molar-refractivity contribution is 7.20. The van der Waals surface area contributed by atoms with Gasteiger partial charge in [-0.2, -0.15) is 0 Å². The number of halogens is 1.